The summed E-state index contributed by atoms with van der Waals surface area (Å²) >= 11 is 6.09. The normalized spacial score (nSPS) is 11.0. The molecule has 0 aliphatic carbocycles. The number of amides is 1. The van der Waals surface area contributed by atoms with Crippen molar-refractivity contribution in [2.75, 3.05) is 5.32 Å². The van der Waals surface area contributed by atoms with Crippen LogP contribution < -0.4 is 5.32 Å². The molecule has 3 nitrogen and oxygen atoms in total. The summed E-state index contributed by atoms with van der Waals surface area (Å²) in [5, 5.41) is 4.66. The Hall–Kier alpha value is -2.26. The lowest BCUT2D eigenvalue weighted by molar-refractivity contribution is -0.115. The molecule has 0 atom stereocenters. The van der Waals surface area contributed by atoms with Gasteiger partial charge in [-0.1, -0.05) is 17.7 Å². The minimum Gasteiger partial charge on any atom is -0.358 e. The maximum Gasteiger partial charge on any atom is 0.228 e. The van der Waals surface area contributed by atoms with E-state index in [2.05, 4.69) is 16.4 Å². The van der Waals surface area contributed by atoms with E-state index in [4.69, 9.17) is 11.6 Å². The van der Waals surface area contributed by atoms with Crippen molar-refractivity contribution in [3.8, 4) is 0 Å². The van der Waals surface area contributed by atoms with Crippen LogP contribution in [0.2, 0.25) is 5.02 Å². The first-order valence-electron chi connectivity index (χ1n) is 7.57. The van der Waals surface area contributed by atoms with Gasteiger partial charge in [0.05, 0.1) is 6.42 Å². The Morgan fingerprint density at radius 3 is 2.48 bits per heavy atom. The van der Waals surface area contributed by atoms with Crippen molar-refractivity contribution in [2.45, 2.75) is 27.2 Å². The zero-order valence-electron chi connectivity index (χ0n) is 13.5. The monoisotopic (exact) mass is 326 g/mol. The van der Waals surface area contributed by atoms with Gasteiger partial charge in [-0.3, -0.25) is 4.79 Å². The van der Waals surface area contributed by atoms with Gasteiger partial charge in [-0.05, 0) is 67.8 Å². The van der Waals surface area contributed by atoms with E-state index >= 15 is 0 Å². The maximum atomic E-state index is 12.4. The van der Waals surface area contributed by atoms with Crippen molar-refractivity contribution in [2.24, 2.45) is 0 Å². The Morgan fingerprint density at radius 2 is 1.78 bits per heavy atom. The van der Waals surface area contributed by atoms with Gasteiger partial charge in [0.1, 0.15) is 0 Å². The highest BCUT2D eigenvalue weighted by molar-refractivity contribution is 6.31. The predicted octanol–water partition coefficient (Wildman–Crippen LogP) is 4.93. The van der Waals surface area contributed by atoms with Crippen molar-refractivity contribution in [1.82, 2.24) is 4.98 Å². The number of aryl methyl sites for hydroxylation is 3. The van der Waals surface area contributed by atoms with Crippen LogP contribution in [0.15, 0.2) is 36.4 Å². The molecule has 0 unspecified atom stereocenters. The molecule has 1 heterocycles. The fraction of sp³-hybridized carbons (Fsp3) is 0.211. The largest absolute Gasteiger partial charge is 0.358 e. The van der Waals surface area contributed by atoms with Crippen LogP contribution in [0.25, 0.3) is 10.9 Å². The smallest absolute Gasteiger partial charge is 0.228 e. The lowest BCUT2D eigenvalue weighted by Crippen LogP contribution is -2.15. The Bertz CT molecular complexity index is 876. The third-order valence-electron chi connectivity index (χ3n) is 3.92. The van der Waals surface area contributed by atoms with Crippen LogP contribution in [0.3, 0.4) is 0 Å². The second-order valence-corrected chi connectivity index (χ2v) is 6.46. The van der Waals surface area contributed by atoms with Crippen molar-refractivity contribution in [3.05, 3.63) is 63.8 Å². The average molecular weight is 327 g/mol. The Balaban J connectivity index is 1.85. The maximum absolute atomic E-state index is 12.4. The van der Waals surface area contributed by atoms with E-state index in [1.165, 1.54) is 0 Å². The number of benzene rings is 2. The van der Waals surface area contributed by atoms with Gasteiger partial charge in [0, 0.05) is 27.3 Å². The number of rotatable bonds is 3. The average Bonchev–Trinajstić information content (AvgIpc) is 2.74. The first kappa shape index (κ1) is 15.6. The fourth-order valence-electron chi connectivity index (χ4n) is 2.99. The number of aromatic nitrogens is 1. The Kier molecular flexibility index (Phi) is 4.14. The van der Waals surface area contributed by atoms with Crippen LogP contribution in [0, 0.1) is 20.8 Å². The molecule has 0 radical (unpaired) electrons. The summed E-state index contributed by atoms with van der Waals surface area (Å²) in [6.07, 6.45) is 0.319. The van der Waals surface area contributed by atoms with Gasteiger partial charge in [-0.2, -0.15) is 0 Å². The predicted molar refractivity (Wildman–Crippen MR) is 96.3 cm³/mol. The van der Waals surface area contributed by atoms with Crippen molar-refractivity contribution in [1.29, 1.82) is 0 Å². The lowest BCUT2D eigenvalue weighted by atomic mass is 10.1. The molecule has 23 heavy (non-hydrogen) atoms. The number of hydrogen-bond acceptors (Lipinski definition) is 1. The molecule has 118 valence electrons. The molecule has 0 aliphatic rings. The van der Waals surface area contributed by atoms with Gasteiger partial charge >= 0.3 is 0 Å². The number of fused-ring (bicyclic) bond motifs is 1. The second kappa shape index (κ2) is 6.09. The zero-order chi connectivity index (χ0) is 16.6. The highest BCUT2D eigenvalue weighted by Gasteiger charge is 2.13. The van der Waals surface area contributed by atoms with E-state index < -0.39 is 0 Å². The van der Waals surface area contributed by atoms with Crippen LogP contribution in [-0.4, -0.2) is 10.9 Å². The number of nitrogens with one attached hydrogen (secondary N) is 2. The van der Waals surface area contributed by atoms with E-state index in [0.29, 0.717) is 11.4 Å². The van der Waals surface area contributed by atoms with Crippen LogP contribution in [0.1, 0.15) is 22.4 Å². The number of H-pyrrole nitrogens is 1. The number of halogens is 1. The molecule has 4 heteroatoms. The molecule has 0 bridgehead atoms. The summed E-state index contributed by atoms with van der Waals surface area (Å²) in [6, 6.07) is 11.7. The molecule has 0 spiro atoms. The van der Waals surface area contributed by atoms with Gasteiger partial charge in [-0.15, -0.1) is 0 Å². The molecule has 2 aromatic carbocycles. The first-order valence-corrected chi connectivity index (χ1v) is 7.95. The Labute approximate surface area is 140 Å². The molecule has 0 aliphatic heterocycles. The summed E-state index contributed by atoms with van der Waals surface area (Å²) in [5.41, 5.74) is 6.09. The van der Waals surface area contributed by atoms with Crippen molar-refractivity contribution >= 4 is 34.1 Å². The summed E-state index contributed by atoms with van der Waals surface area (Å²) in [6.45, 7) is 6.02. The molecule has 0 fully saturated rings. The molecule has 1 amide bonds. The summed E-state index contributed by atoms with van der Waals surface area (Å²) in [7, 11) is 0. The number of hydrogen-bond donors (Lipinski definition) is 2. The summed E-state index contributed by atoms with van der Waals surface area (Å²) in [5.74, 6) is -0.0287. The molecule has 0 saturated carbocycles. The van der Waals surface area contributed by atoms with Gasteiger partial charge < -0.3 is 10.3 Å². The zero-order valence-corrected chi connectivity index (χ0v) is 14.2. The van der Waals surface area contributed by atoms with E-state index in [9.17, 15) is 4.79 Å². The molecule has 3 aromatic rings. The topological polar surface area (TPSA) is 44.9 Å². The fourth-order valence-corrected chi connectivity index (χ4v) is 3.17. The van der Waals surface area contributed by atoms with Crippen molar-refractivity contribution < 1.29 is 4.79 Å². The highest BCUT2D eigenvalue weighted by atomic mass is 35.5. The van der Waals surface area contributed by atoms with Crippen molar-refractivity contribution in [3.63, 3.8) is 0 Å². The minimum absolute atomic E-state index is 0.0287. The van der Waals surface area contributed by atoms with Gasteiger partial charge in [0.15, 0.2) is 0 Å². The second-order valence-electron chi connectivity index (χ2n) is 6.02. The molecule has 2 N–H and O–H groups in total. The van der Waals surface area contributed by atoms with Crippen LogP contribution in [-0.2, 0) is 11.2 Å². The number of aromatic amines is 1. The number of anilines is 1. The number of carbonyl (C=O) groups is 1. The van der Waals surface area contributed by atoms with Gasteiger partial charge in [0.25, 0.3) is 0 Å². The minimum atomic E-state index is -0.0287. The van der Waals surface area contributed by atoms with E-state index in [0.717, 1.165) is 39.0 Å². The molecule has 1 aromatic heterocycles. The summed E-state index contributed by atoms with van der Waals surface area (Å²) < 4.78 is 0. The molecular formula is C19H19ClN2O. The quantitative estimate of drug-likeness (QED) is 0.704. The molecular weight excluding hydrogens is 308 g/mol. The highest BCUT2D eigenvalue weighted by Crippen LogP contribution is 2.26. The SMILES string of the molecule is Cc1cc(C)cc(NC(=O)Cc2c(C)[nH]c3ccc(Cl)cc23)c1. The van der Waals surface area contributed by atoms with Crippen LogP contribution in [0.5, 0.6) is 0 Å². The summed E-state index contributed by atoms with van der Waals surface area (Å²) in [4.78, 5) is 15.7. The van der Waals surface area contributed by atoms with Crippen LogP contribution in [0.4, 0.5) is 5.69 Å². The van der Waals surface area contributed by atoms with Crippen LogP contribution >= 0.6 is 11.6 Å². The van der Waals surface area contributed by atoms with Gasteiger partial charge in [-0.25, -0.2) is 0 Å². The molecule has 3 rings (SSSR count). The number of carbonyl (C=O) groups excluding carboxylic acids is 1. The standard InChI is InChI=1S/C19H19ClN2O/c1-11-6-12(2)8-15(7-11)22-19(23)10-16-13(3)21-18-5-4-14(20)9-17(16)18/h4-9,21H,10H2,1-3H3,(H,22,23). The van der Waals surface area contributed by atoms with E-state index in [1.54, 1.807) is 0 Å². The molecule has 0 saturated heterocycles. The lowest BCUT2D eigenvalue weighted by Gasteiger charge is -2.08. The third kappa shape index (κ3) is 3.40. The third-order valence-corrected chi connectivity index (χ3v) is 4.16. The first-order chi connectivity index (χ1) is 10.9. The Morgan fingerprint density at radius 1 is 1.09 bits per heavy atom. The van der Waals surface area contributed by atoms with E-state index in [1.807, 2.05) is 51.1 Å². The van der Waals surface area contributed by atoms with Gasteiger partial charge in [0.2, 0.25) is 5.91 Å². The van der Waals surface area contributed by atoms with E-state index in [-0.39, 0.29) is 5.91 Å².